The number of hydrogen-bond donors (Lipinski definition) is 0. The number of anilines is 1. The first-order valence-corrected chi connectivity index (χ1v) is 8.12. The summed E-state index contributed by atoms with van der Waals surface area (Å²) in [6.07, 6.45) is -0.757. The van der Waals surface area contributed by atoms with Gasteiger partial charge in [-0.2, -0.15) is 4.99 Å². The molecule has 0 bridgehead atoms. The number of benzene rings is 2. The standard InChI is InChI=1S/C20H20N2O3/c1-20(2,3)25-19(24)21-17-15-11-7-8-12-16(15)22(18(17)23)13-14-9-5-4-6-10-14/h4-12H,13H2,1-3H3/b21-17-. The molecule has 0 aromatic heterocycles. The quantitative estimate of drug-likeness (QED) is 0.834. The number of carbonyl (C=O) groups is 2. The van der Waals surface area contributed by atoms with Crippen LogP contribution < -0.4 is 4.90 Å². The summed E-state index contributed by atoms with van der Waals surface area (Å²) in [6.45, 7) is 5.70. The molecule has 0 saturated carbocycles. The molecule has 128 valence electrons. The summed E-state index contributed by atoms with van der Waals surface area (Å²) in [4.78, 5) is 30.5. The van der Waals surface area contributed by atoms with E-state index in [4.69, 9.17) is 4.74 Å². The first kappa shape index (κ1) is 16.9. The predicted molar refractivity (Wildman–Crippen MR) is 96.8 cm³/mol. The van der Waals surface area contributed by atoms with Crippen LogP contribution in [0.2, 0.25) is 0 Å². The number of carbonyl (C=O) groups excluding carboxylic acids is 2. The highest BCUT2D eigenvalue weighted by Gasteiger charge is 2.34. The van der Waals surface area contributed by atoms with Gasteiger partial charge in [0.1, 0.15) is 11.3 Å². The van der Waals surface area contributed by atoms with Crippen LogP contribution >= 0.6 is 0 Å². The van der Waals surface area contributed by atoms with Crippen molar-refractivity contribution in [2.24, 2.45) is 4.99 Å². The summed E-state index contributed by atoms with van der Waals surface area (Å²) < 4.78 is 5.22. The van der Waals surface area contributed by atoms with E-state index in [2.05, 4.69) is 4.99 Å². The van der Waals surface area contributed by atoms with Crippen molar-refractivity contribution in [2.45, 2.75) is 32.9 Å². The second kappa shape index (κ2) is 6.51. The van der Waals surface area contributed by atoms with Gasteiger partial charge in [0.05, 0.1) is 12.2 Å². The maximum atomic E-state index is 12.9. The molecule has 0 radical (unpaired) electrons. The Bertz CT molecular complexity index is 836. The minimum atomic E-state index is -0.757. The molecule has 1 aliphatic rings. The highest BCUT2D eigenvalue weighted by atomic mass is 16.6. The molecule has 0 unspecified atom stereocenters. The number of hydrogen-bond acceptors (Lipinski definition) is 3. The molecule has 25 heavy (non-hydrogen) atoms. The molecule has 5 nitrogen and oxygen atoms in total. The number of ether oxygens (including phenoxy) is 1. The summed E-state index contributed by atoms with van der Waals surface area (Å²) >= 11 is 0. The Hall–Kier alpha value is -2.95. The maximum Gasteiger partial charge on any atom is 0.434 e. The lowest BCUT2D eigenvalue weighted by Crippen LogP contribution is -2.30. The smallest absolute Gasteiger partial charge is 0.434 e. The minimum Gasteiger partial charge on any atom is -0.442 e. The molecule has 0 spiro atoms. The van der Waals surface area contributed by atoms with E-state index in [1.807, 2.05) is 48.5 Å². The minimum absolute atomic E-state index is 0.126. The van der Waals surface area contributed by atoms with E-state index in [0.717, 1.165) is 11.3 Å². The molecule has 0 N–H and O–H groups in total. The van der Waals surface area contributed by atoms with Crippen LogP contribution in [0.3, 0.4) is 0 Å². The Morgan fingerprint density at radius 1 is 1.04 bits per heavy atom. The zero-order valence-corrected chi connectivity index (χ0v) is 14.5. The van der Waals surface area contributed by atoms with Gasteiger partial charge in [-0.25, -0.2) is 4.79 Å². The fourth-order valence-corrected chi connectivity index (χ4v) is 2.67. The van der Waals surface area contributed by atoms with E-state index >= 15 is 0 Å². The summed E-state index contributed by atoms with van der Waals surface area (Å²) in [5, 5.41) is 0. The Morgan fingerprint density at radius 3 is 2.36 bits per heavy atom. The third-order valence-electron chi connectivity index (χ3n) is 3.68. The molecule has 0 aliphatic carbocycles. The van der Waals surface area contributed by atoms with Crippen LogP contribution in [0, 0.1) is 0 Å². The van der Waals surface area contributed by atoms with E-state index in [1.54, 1.807) is 31.7 Å². The van der Waals surface area contributed by atoms with Crippen LogP contribution in [-0.2, 0) is 16.1 Å². The third-order valence-corrected chi connectivity index (χ3v) is 3.68. The second-order valence-corrected chi connectivity index (χ2v) is 6.83. The lowest BCUT2D eigenvalue weighted by atomic mass is 10.1. The van der Waals surface area contributed by atoms with Gasteiger partial charge in [0.2, 0.25) is 0 Å². The number of amides is 2. The number of nitrogens with zero attached hydrogens (tertiary/aromatic N) is 2. The van der Waals surface area contributed by atoms with Gasteiger partial charge in [-0.05, 0) is 32.4 Å². The first-order valence-electron chi connectivity index (χ1n) is 8.12. The maximum absolute atomic E-state index is 12.9. The van der Waals surface area contributed by atoms with Crippen LogP contribution in [0.5, 0.6) is 0 Å². The zero-order chi connectivity index (χ0) is 18.0. The van der Waals surface area contributed by atoms with E-state index in [0.29, 0.717) is 12.1 Å². The largest absolute Gasteiger partial charge is 0.442 e. The Kier molecular flexibility index (Phi) is 4.40. The molecule has 1 aliphatic heterocycles. The van der Waals surface area contributed by atoms with E-state index in [9.17, 15) is 9.59 Å². The lowest BCUT2D eigenvalue weighted by molar-refractivity contribution is -0.112. The molecule has 2 amide bonds. The van der Waals surface area contributed by atoms with Crippen molar-refractivity contribution < 1.29 is 14.3 Å². The van der Waals surface area contributed by atoms with Crippen molar-refractivity contribution in [3.05, 3.63) is 65.7 Å². The lowest BCUT2D eigenvalue weighted by Gasteiger charge is -2.17. The van der Waals surface area contributed by atoms with Crippen LogP contribution in [0.4, 0.5) is 10.5 Å². The summed E-state index contributed by atoms with van der Waals surface area (Å²) in [5.41, 5.74) is 1.87. The Balaban J connectivity index is 1.94. The SMILES string of the molecule is CC(C)(C)OC(=O)/N=C1\C(=O)N(Cc2ccccc2)c2ccccc21. The second-order valence-electron chi connectivity index (χ2n) is 6.83. The number of aliphatic imine (C=N–C) groups is 1. The van der Waals surface area contributed by atoms with Crippen molar-refractivity contribution >= 4 is 23.4 Å². The Morgan fingerprint density at radius 2 is 1.68 bits per heavy atom. The van der Waals surface area contributed by atoms with Gasteiger partial charge in [0.15, 0.2) is 0 Å². The van der Waals surface area contributed by atoms with E-state index < -0.39 is 11.7 Å². The first-order chi connectivity index (χ1) is 11.8. The average Bonchev–Trinajstić information content (AvgIpc) is 2.80. The van der Waals surface area contributed by atoms with E-state index in [1.165, 1.54) is 0 Å². The van der Waals surface area contributed by atoms with Crippen molar-refractivity contribution in [1.29, 1.82) is 0 Å². The average molecular weight is 336 g/mol. The Labute approximate surface area is 146 Å². The van der Waals surface area contributed by atoms with Gasteiger partial charge in [-0.1, -0.05) is 48.5 Å². The van der Waals surface area contributed by atoms with E-state index in [-0.39, 0.29) is 11.6 Å². The van der Waals surface area contributed by atoms with Crippen LogP contribution in [0.25, 0.3) is 0 Å². The molecule has 2 aromatic carbocycles. The molecule has 2 aromatic rings. The van der Waals surface area contributed by atoms with Gasteiger partial charge in [0, 0.05) is 5.56 Å². The van der Waals surface area contributed by atoms with Gasteiger partial charge >= 0.3 is 6.09 Å². The summed E-state index contributed by atoms with van der Waals surface area (Å²) in [7, 11) is 0. The van der Waals surface area contributed by atoms with Crippen molar-refractivity contribution in [3.63, 3.8) is 0 Å². The topological polar surface area (TPSA) is 59.0 Å². The van der Waals surface area contributed by atoms with Crippen molar-refractivity contribution in [2.75, 3.05) is 4.90 Å². The van der Waals surface area contributed by atoms with Crippen molar-refractivity contribution in [1.82, 2.24) is 0 Å². The number of para-hydroxylation sites is 1. The molecule has 0 atom stereocenters. The summed E-state index contributed by atoms with van der Waals surface area (Å²) in [6, 6.07) is 17.0. The molecule has 3 rings (SSSR count). The molecular weight excluding hydrogens is 316 g/mol. The number of rotatable bonds is 2. The van der Waals surface area contributed by atoms with Crippen LogP contribution in [0.1, 0.15) is 31.9 Å². The van der Waals surface area contributed by atoms with Gasteiger partial charge in [0.25, 0.3) is 5.91 Å². The third kappa shape index (κ3) is 3.76. The highest BCUT2D eigenvalue weighted by molar-refractivity contribution is 6.55. The van der Waals surface area contributed by atoms with Crippen LogP contribution in [-0.4, -0.2) is 23.3 Å². The molecular formula is C20H20N2O3. The molecule has 1 heterocycles. The fourth-order valence-electron chi connectivity index (χ4n) is 2.67. The molecule has 0 saturated heterocycles. The highest BCUT2D eigenvalue weighted by Crippen LogP contribution is 2.30. The molecule has 5 heteroatoms. The van der Waals surface area contributed by atoms with Gasteiger partial charge in [-0.15, -0.1) is 0 Å². The van der Waals surface area contributed by atoms with Gasteiger partial charge < -0.3 is 9.64 Å². The predicted octanol–water partition coefficient (Wildman–Crippen LogP) is 3.96. The number of fused-ring (bicyclic) bond motifs is 1. The molecule has 0 fully saturated rings. The zero-order valence-electron chi connectivity index (χ0n) is 14.5. The van der Waals surface area contributed by atoms with Gasteiger partial charge in [-0.3, -0.25) is 4.79 Å². The fraction of sp³-hybridized carbons (Fsp3) is 0.250. The summed E-state index contributed by atoms with van der Waals surface area (Å²) in [5.74, 6) is -0.295. The van der Waals surface area contributed by atoms with Crippen LogP contribution in [0.15, 0.2) is 59.6 Å². The van der Waals surface area contributed by atoms with Crippen molar-refractivity contribution in [3.8, 4) is 0 Å². The monoisotopic (exact) mass is 336 g/mol. The normalized spacial score (nSPS) is 15.4.